The van der Waals surface area contributed by atoms with Gasteiger partial charge in [0.05, 0.1) is 13.7 Å². The molecule has 0 radical (unpaired) electrons. The fourth-order valence-corrected chi connectivity index (χ4v) is 4.73. The maximum Gasteiger partial charge on any atom is 0.417 e. The van der Waals surface area contributed by atoms with Crippen LogP contribution in [0.1, 0.15) is 18.3 Å². The van der Waals surface area contributed by atoms with Crippen LogP contribution in [0.25, 0.3) is 11.3 Å². The van der Waals surface area contributed by atoms with Crippen molar-refractivity contribution < 1.29 is 38.1 Å². The number of anilines is 4. The predicted molar refractivity (Wildman–Crippen MR) is 223 cm³/mol. The quantitative estimate of drug-likeness (QED) is 0.0923. The van der Waals surface area contributed by atoms with Crippen molar-refractivity contribution in [3.63, 3.8) is 0 Å². The van der Waals surface area contributed by atoms with E-state index in [2.05, 4.69) is 36.2 Å². The van der Waals surface area contributed by atoms with Crippen molar-refractivity contribution in [2.24, 2.45) is 0 Å². The maximum atomic E-state index is 11.8. The maximum absolute atomic E-state index is 11.8. The van der Waals surface area contributed by atoms with Gasteiger partial charge in [0, 0.05) is 40.4 Å². The first-order valence-corrected chi connectivity index (χ1v) is 17.8. The number of rotatable bonds is 8. The highest BCUT2D eigenvalue weighted by Gasteiger charge is 2.10. The van der Waals surface area contributed by atoms with Gasteiger partial charge in [-0.2, -0.15) is 0 Å². The lowest BCUT2D eigenvalue weighted by molar-refractivity contribution is 0.168. The van der Waals surface area contributed by atoms with E-state index in [-0.39, 0.29) is 17.9 Å². The largest absolute Gasteiger partial charge is 0.453 e. The van der Waals surface area contributed by atoms with E-state index in [1.807, 2.05) is 49.4 Å². The number of nitrogens with two attached hydrogens (primary N) is 1. The SMILES string of the molecule is CCOC(=O)Nc1cccc(OC(=O)Nc2ccccc2)c1.COC(=O)Nc1cccc(OC(=O)Nc2cccc(C)c2)c1.Cc1nnc(-c2ccccc2)c(=O)n1N. The van der Waals surface area contributed by atoms with Crippen LogP contribution in [-0.4, -0.2) is 53.0 Å². The molecule has 4 amide bonds. The average molecular weight is 803 g/mol. The molecule has 6 rings (SSSR count). The number of nitrogens with one attached hydrogen (secondary N) is 4. The van der Waals surface area contributed by atoms with Crippen LogP contribution in [0.2, 0.25) is 0 Å². The van der Waals surface area contributed by atoms with Gasteiger partial charge in [0.2, 0.25) is 0 Å². The third kappa shape index (κ3) is 14.8. The Bertz CT molecular complexity index is 2390. The summed E-state index contributed by atoms with van der Waals surface area (Å²) in [5, 5.41) is 17.9. The van der Waals surface area contributed by atoms with E-state index < -0.39 is 24.4 Å². The van der Waals surface area contributed by atoms with E-state index in [0.717, 1.165) is 10.2 Å². The Morgan fingerprint density at radius 3 is 1.61 bits per heavy atom. The van der Waals surface area contributed by atoms with Crippen LogP contribution in [0.4, 0.5) is 41.9 Å². The normalized spacial score (nSPS) is 9.83. The molecule has 304 valence electrons. The summed E-state index contributed by atoms with van der Waals surface area (Å²) in [6, 6.07) is 38.3. The minimum Gasteiger partial charge on any atom is -0.453 e. The third-order valence-electron chi connectivity index (χ3n) is 7.44. The molecular weight excluding hydrogens is 761 g/mol. The Morgan fingerprint density at radius 1 is 0.593 bits per heavy atom. The number of aryl methyl sites for hydroxylation is 2. The number of ether oxygens (including phenoxy) is 4. The highest BCUT2D eigenvalue weighted by molar-refractivity contribution is 5.88. The van der Waals surface area contributed by atoms with Crippen molar-refractivity contribution in [2.45, 2.75) is 20.8 Å². The summed E-state index contributed by atoms with van der Waals surface area (Å²) in [6.07, 6.45) is -2.38. The Labute approximate surface area is 339 Å². The van der Waals surface area contributed by atoms with Gasteiger partial charge in [0.1, 0.15) is 11.5 Å². The van der Waals surface area contributed by atoms with Crippen molar-refractivity contribution >= 4 is 47.1 Å². The molecule has 6 aromatic rings. The fraction of sp³-hybridized carbons (Fsp3) is 0.119. The van der Waals surface area contributed by atoms with E-state index in [9.17, 15) is 24.0 Å². The summed E-state index contributed by atoms with van der Waals surface area (Å²) in [6.45, 7) is 5.55. The van der Waals surface area contributed by atoms with Crippen LogP contribution in [0.3, 0.4) is 0 Å². The molecule has 0 aliphatic carbocycles. The van der Waals surface area contributed by atoms with Gasteiger partial charge in [-0.05, 0) is 74.9 Å². The van der Waals surface area contributed by atoms with Gasteiger partial charge >= 0.3 is 24.4 Å². The number of carbonyl (C=O) groups is 4. The smallest absolute Gasteiger partial charge is 0.417 e. The first-order valence-electron chi connectivity index (χ1n) is 17.8. The molecule has 0 atom stereocenters. The number of amides is 4. The van der Waals surface area contributed by atoms with Crippen molar-refractivity contribution in [1.82, 2.24) is 14.9 Å². The van der Waals surface area contributed by atoms with E-state index in [0.29, 0.717) is 45.6 Å². The summed E-state index contributed by atoms with van der Waals surface area (Å²) in [7, 11) is 1.27. The second kappa shape index (κ2) is 22.4. The Hall–Kier alpha value is -8.21. The first-order chi connectivity index (χ1) is 28.4. The summed E-state index contributed by atoms with van der Waals surface area (Å²) >= 11 is 0. The average Bonchev–Trinajstić information content (AvgIpc) is 3.21. The zero-order chi connectivity index (χ0) is 42.6. The molecule has 0 spiro atoms. The number of para-hydroxylation sites is 1. The molecule has 1 aromatic heterocycles. The highest BCUT2D eigenvalue weighted by atomic mass is 16.6. The Balaban J connectivity index is 0.000000199. The molecule has 17 nitrogen and oxygen atoms in total. The van der Waals surface area contributed by atoms with Gasteiger partial charge in [-0.1, -0.05) is 72.8 Å². The molecule has 0 saturated heterocycles. The third-order valence-corrected chi connectivity index (χ3v) is 7.44. The van der Waals surface area contributed by atoms with Crippen LogP contribution >= 0.6 is 0 Å². The molecule has 17 heteroatoms. The van der Waals surface area contributed by atoms with Crippen LogP contribution < -0.4 is 42.1 Å². The van der Waals surface area contributed by atoms with Gasteiger partial charge in [0.25, 0.3) is 5.56 Å². The number of hydrogen-bond donors (Lipinski definition) is 5. The molecule has 0 bridgehead atoms. The molecular formula is C42H42N8O9. The van der Waals surface area contributed by atoms with Gasteiger partial charge in [0.15, 0.2) is 11.5 Å². The lowest BCUT2D eigenvalue weighted by Gasteiger charge is -2.09. The first kappa shape index (κ1) is 43.5. The molecule has 0 aliphatic rings. The monoisotopic (exact) mass is 802 g/mol. The van der Waals surface area contributed by atoms with Crippen LogP contribution in [0.5, 0.6) is 11.5 Å². The number of hydrogen-bond acceptors (Lipinski definition) is 12. The van der Waals surface area contributed by atoms with Gasteiger partial charge in [-0.15, -0.1) is 10.2 Å². The predicted octanol–water partition coefficient (Wildman–Crippen LogP) is 7.98. The summed E-state index contributed by atoms with van der Waals surface area (Å²) < 4.78 is 20.6. The number of nitrogen functional groups attached to an aromatic ring is 1. The zero-order valence-corrected chi connectivity index (χ0v) is 32.5. The molecule has 0 aliphatic heterocycles. The number of methoxy groups -OCH3 is 1. The second-order valence-electron chi connectivity index (χ2n) is 11.9. The number of aromatic nitrogens is 3. The molecule has 0 unspecified atom stereocenters. The van der Waals surface area contributed by atoms with Crippen molar-refractivity contribution in [1.29, 1.82) is 0 Å². The molecule has 0 saturated carbocycles. The van der Waals surface area contributed by atoms with Crippen LogP contribution in [0.15, 0.2) is 138 Å². The lowest BCUT2D eigenvalue weighted by atomic mass is 10.2. The molecule has 59 heavy (non-hydrogen) atoms. The summed E-state index contributed by atoms with van der Waals surface area (Å²) in [4.78, 5) is 57.8. The van der Waals surface area contributed by atoms with Crippen LogP contribution in [-0.2, 0) is 9.47 Å². The second-order valence-corrected chi connectivity index (χ2v) is 11.9. The van der Waals surface area contributed by atoms with E-state index in [1.54, 1.807) is 92.7 Å². The Morgan fingerprint density at radius 2 is 1.07 bits per heavy atom. The van der Waals surface area contributed by atoms with Gasteiger partial charge < -0.3 is 24.8 Å². The fourth-order valence-electron chi connectivity index (χ4n) is 4.73. The summed E-state index contributed by atoms with van der Waals surface area (Å²) in [5.41, 5.74) is 3.90. The number of benzene rings is 5. The van der Waals surface area contributed by atoms with Crippen molar-refractivity contribution in [3.8, 4) is 22.8 Å². The topological polar surface area (TPSA) is 227 Å². The van der Waals surface area contributed by atoms with E-state index in [4.69, 9.17) is 20.1 Å². The minimum atomic E-state index is -0.612. The number of nitrogens with zero attached hydrogens (tertiary/aromatic N) is 3. The number of carbonyl (C=O) groups excluding carboxylic acids is 4. The van der Waals surface area contributed by atoms with Crippen LogP contribution in [0, 0.1) is 13.8 Å². The molecule has 0 fully saturated rings. The zero-order valence-electron chi connectivity index (χ0n) is 32.5. The molecule has 5 aromatic carbocycles. The van der Waals surface area contributed by atoms with E-state index >= 15 is 0 Å². The van der Waals surface area contributed by atoms with Crippen molar-refractivity contribution in [3.05, 3.63) is 155 Å². The lowest BCUT2D eigenvalue weighted by Crippen LogP contribution is -2.32. The highest BCUT2D eigenvalue weighted by Crippen LogP contribution is 2.20. The van der Waals surface area contributed by atoms with Gasteiger partial charge in [-0.25, -0.2) is 23.9 Å². The standard InChI is InChI=1S/2C16H16N2O4.C10H10N4O/c1-11-5-3-6-12(9-11)18-16(20)22-14-8-4-7-13(10-14)17-15(19)21-2;1-2-21-15(19)18-13-9-6-10-14(11-13)22-16(20)17-12-7-4-3-5-8-12;1-7-12-13-9(10(15)14(7)11)8-5-3-2-4-6-8/h3-10H,1-2H3,(H,17,19)(H,18,20);3-11H,2H2,1H3,(H,17,20)(H,18,19);2-6H,11H2,1H3. The van der Waals surface area contributed by atoms with Crippen molar-refractivity contribution in [2.75, 3.05) is 40.8 Å². The summed E-state index contributed by atoms with van der Waals surface area (Å²) in [5.74, 6) is 6.52. The molecule has 6 N–H and O–H groups in total. The van der Waals surface area contributed by atoms with Gasteiger partial charge in [-0.3, -0.25) is 26.1 Å². The Kier molecular flexibility index (Phi) is 16.5. The molecule has 1 heterocycles. The van der Waals surface area contributed by atoms with E-state index in [1.165, 1.54) is 19.2 Å². The minimum absolute atomic E-state index is 0.267.